The molecule has 0 saturated carbocycles. The van der Waals surface area contributed by atoms with Gasteiger partial charge >= 0.3 is 0 Å². The van der Waals surface area contributed by atoms with Gasteiger partial charge in [0, 0.05) is 0 Å². The van der Waals surface area contributed by atoms with E-state index in [0.29, 0.717) is 0 Å². The van der Waals surface area contributed by atoms with E-state index in [4.69, 9.17) is 0 Å². The molecule has 1 aromatic carbocycles. The second-order valence-electron chi connectivity index (χ2n) is 3.28. The van der Waals surface area contributed by atoms with Gasteiger partial charge in [-0.05, 0) is 11.1 Å². The van der Waals surface area contributed by atoms with Crippen molar-refractivity contribution >= 4 is 6.08 Å². The van der Waals surface area contributed by atoms with E-state index in [0.717, 1.165) is 11.1 Å². The maximum absolute atomic E-state index is 11.6. The standard InChI is InChI=1S/C14H12O/c15-14(13-8-4-5-9-13)11-10-12-6-2-1-3-7-12/h1-11,15H/p-1. The van der Waals surface area contributed by atoms with Crippen molar-refractivity contribution < 1.29 is 5.11 Å². The summed E-state index contributed by atoms with van der Waals surface area (Å²) in [6.07, 6.45) is 10.8. The molecule has 0 atom stereocenters. The number of benzene rings is 1. The summed E-state index contributed by atoms with van der Waals surface area (Å²) >= 11 is 0. The van der Waals surface area contributed by atoms with Crippen molar-refractivity contribution in [2.45, 2.75) is 0 Å². The SMILES string of the molecule is [O-]C(C=Cc1ccccc1)=C1C=CC=C1. The number of rotatable bonds is 2. The van der Waals surface area contributed by atoms with Gasteiger partial charge in [-0.25, -0.2) is 0 Å². The van der Waals surface area contributed by atoms with Crippen LogP contribution in [0, 0.1) is 0 Å². The molecule has 2 rings (SSSR count). The Morgan fingerprint density at radius 2 is 1.67 bits per heavy atom. The molecule has 0 aromatic heterocycles. The van der Waals surface area contributed by atoms with E-state index in [1.807, 2.05) is 60.7 Å². The predicted octanol–water partition coefficient (Wildman–Crippen LogP) is 2.44. The molecule has 0 spiro atoms. The van der Waals surface area contributed by atoms with Gasteiger partial charge in [0.15, 0.2) is 0 Å². The first-order valence-electron chi connectivity index (χ1n) is 4.85. The average Bonchev–Trinajstić information content (AvgIpc) is 2.81. The third kappa shape index (κ3) is 2.47. The summed E-state index contributed by atoms with van der Waals surface area (Å²) in [5.41, 5.74) is 1.78. The molecule has 0 saturated heterocycles. The predicted molar refractivity (Wildman–Crippen MR) is 60.8 cm³/mol. The summed E-state index contributed by atoms with van der Waals surface area (Å²) in [6.45, 7) is 0. The zero-order chi connectivity index (χ0) is 10.5. The molecule has 1 nitrogen and oxygen atoms in total. The largest absolute Gasteiger partial charge is 0.872 e. The second kappa shape index (κ2) is 4.47. The normalized spacial score (nSPS) is 14.0. The van der Waals surface area contributed by atoms with E-state index < -0.39 is 0 Å². The molecule has 0 radical (unpaired) electrons. The Kier molecular flexibility index (Phi) is 2.84. The lowest BCUT2D eigenvalue weighted by Gasteiger charge is -2.08. The molecule has 0 N–H and O–H groups in total. The molecule has 1 aromatic rings. The van der Waals surface area contributed by atoms with Gasteiger partial charge in [-0.3, -0.25) is 0 Å². The zero-order valence-corrected chi connectivity index (χ0v) is 8.26. The summed E-state index contributed by atoms with van der Waals surface area (Å²) in [7, 11) is 0. The van der Waals surface area contributed by atoms with E-state index in [2.05, 4.69) is 0 Å². The van der Waals surface area contributed by atoms with Crippen molar-refractivity contribution in [3.05, 3.63) is 77.6 Å². The molecule has 0 bridgehead atoms. The lowest BCUT2D eigenvalue weighted by atomic mass is 10.2. The van der Waals surface area contributed by atoms with Crippen LogP contribution in [-0.4, -0.2) is 0 Å². The summed E-state index contributed by atoms with van der Waals surface area (Å²) in [5, 5.41) is 11.6. The first-order valence-corrected chi connectivity index (χ1v) is 4.85. The van der Waals surface area contributed by atoms with Gasteiger partial charge in [-0.1, -0.05) is 66.8 Å². The molecular weight excluding hydrogens is 184 g/mol. The van der Waals surface area contributed by atoms with Gasteiger partial charge in [-0.15, -0.1) is 5.76 Å². The van der Waals surface area contributed by atoms with Gasteiger partial charge in [0.25, 0.3) is 0 Å². The van der Waals surface area contributed by atoms with Crippen LogP contribution in [0.15, 0.2) is 72.0 Å². The van der Waals surface area contributed by atoms with E-state index in [9.17, 15) is 5.11 Å². The molecule has 1 aliphatic rings. The van der Waals surface area contributed by atoms with Crippen LogP contribution in [0.25, 0.3) is 6.08 Å². The minimum atomic E-state index is 0.0452. The molecule has 0 unspecified atom stereocenters. The highest BCUT2D eigenvalue weighted by molar-refractivity contribution is 5.54. The van der Waals surface area contributed by atoms with E-state index >= 15 is 0 Å². The van der Waals surface area contributed by atoms with Crippen LogP contribution in [0.3, 0.4) is 0 Å². The maximum atomic E-state index is 11.6. The van der Waals surface area contributed by atoms with Crippen molar-refractivity contribution in [2.75, 3.05) is 0 Å². The molecule has 0 aliphatic heterocycles. The Hall–Kier alpha value is -2.02. The molecule has 1 aliphatic carbocycles. The van der Waals surface area contributed by atoms with Crippen LogP contribution in [-0.2, 0) is 0 Å². The third-order valence-corrected chi connectivity index (χ3v) is 2.17. The highest BCUT2D eigenvalue weighted by atomic mass is 16.3. The number of hydrogen-bond acceptors (Lipinski definition) is 1. The van der Waals surface area contributed by atoms with Crippen molar-refractivity contribution in [3.63, 3.8) is 0 Å². The Morgan fingerprint density at radius 1 is 1.00 bits per heavy atom. The Morgan fingerprint density at radius 3 is 2.33 bits per heavy atom. The Balaban J connectivity index is 2.16. The zero-order valence-electron chi connectivity index (χ0n) is 8.26. The fraction of sp³-hybridized carbons (Fsp3) is 0. The van der Waals surface area contributed by atoms with Crippen LogP contribution in [0.1, 0.15) is 5.56 Å². The summed E-state index contributed by atoms with van der Waals surface area (Å²) in [5.74, 6) is 0.0452. The summed E-state index contributed by atoms with van der Waals surface area (Å²) in [6, 6.07) is 9.79. The average molecular weight is 195 g/mol. The second-order valence-corrected chi connectivity index (χ2v) is 3.28. The quantitative estimate of drug-likeness (QED) is 0.665. The van der Waals surface area contributed by atoms with E-state index in [1.165, 1.54) is 0 Å². The molecular formula is C14H11O-. The minimum Gasteiger partial charge on any atom is -0.872 e. The highest BCUT2D eigenvalue weighted by Crippen LogP contribution is 2.11. The fourth-order valence-electron chi connectivity index (χ4n) is 1.37. The molecule has 74 valence electrons. The van der Waals surface area contributed by atoms with Crippen LogP contribution in [0.2, 0.25) is 0 Å². The van der Waals surface area contributed by atoms with Gasteiger partial charge in [0.05, 0.1) is 0 Å². The summed E-state index contributed by atoms with van der Waals surface area (Å²) in [4.78, 5) is 0. The van der Waals surface area contributed by atoms with Crippen LogP contribution in [0.4, 0.5) is 0 Å². The minimum absolute atomic E-state index is 0.0452. The first kappa shape index (κ1) is 9.53. The summed E-state index contributed by atoms with van der Waals surface area (Å²) < 4.78 is 0. The lowest BCUT2D eigenvalue weighted by molar-refractivity contribution is -0.295. The van der Waals surface area contributed by atoms with E-state index in [-0.39, 0.29) is 5.76 Å². The maximum Gasteiger partial charge on any atom is -0.0257 e. The van der Waals surface area contributed by atoms with E-state index in [1.54, 1.807) is 6.08 Å². The molecule has 0 amide bonds. The van der Waals surface area contributed by atoms with Gasteiger partial charge in [0.2, 0.25) is 0 Å². The molecule has 0 fully saturated rings. The van der Waals surface area contributed by atoms with Crippen LogP contribution >= 0.6 is 0 Å². The van der Waals surface area contributed by atoms with Crippen molar-refractivity contribution in [1.82, 2.24) is 0 Å². The first-order chi connectivity index (χ1) is 7.36. The smallest absolute Gasteiger partial charge is 0.0257 e. The van der Waals surface area contributed by atoms with Gasteiger partial charge < -0.3 is 5.11 Å². The van der Waals surface area contributed by atoms with Gasteiger partial charge in [0.1, 0.15) is 0 Å². The van der Waals surface area contributed by atoms with Crippen LogP contribution < -0.4 is 5.11 Å². The highest BCUT2D eigenvalue weighted by Gasteiger charge is 1.90. The number of allylic oxidation sites excluding steroid dienone is 6. The van der Waals surface area contributed by atoms with Crippen molar-refractivity contribution in [1.29, 1.82) is 0 Å². The topological polar surface area (TPSA) is 23.1 Å². The molecule has 0 heterocycles. The van der Waals surface area contributed by atoms with Crippen molar-refractivity contribution in [2.24, 2.45) is 0 Å². The number of hydrogen-bond donors (Lipinski definition) is 0. The molecule has 1 heteroatoms. The Labute approximate surface area is 89.4 Å². The van der Waals surface area contributed by atoms with Crippen LogP contribution in [0.5, 0.6) is 0 Å². The molecule has 15 heavy (non-hydrogen) atoms. The Bertz CT molecular complexity index is 433. The fourth-order valence-corrected chi connectivity index (χ4v) is 1.37. The van der Waals surface area contributed by atoms with Crippen molar-refractivity contribution in [3.8, 4) is 0 Å². The monoisotopic (exact) mass is 195 g/mol. The lowest BCUT2D eigenvalue weighted by Crippen LogP contribution is -2.02. The van der Waals surface area contributed by atoms with Gasteiger partial charge in [-0.2, -0.15) is 0 Å². The third-order valence-electron chi connectivity index (χ3n) is 2.17.